The molecule has 0 saturated heterocycles. The van der Waals surface area contributed by atoms with Gasteiger partial charge in [0.15, 0.2) is 11.5 Å². The van der Waals surface area contributed by atoms with E-state index in [9.17, 15) is 4.79 Å². The van der Waals surface area contributed by atoms with Gasteiger partial charge in [-0.2, -0.15) is 0 Å². The number of carbonyl (C=O) groups excluding carboxylic acids is 1. The molecule has 1 heterocycles. The zero-order chi connectivity index (χ0) is 20.8. The van der Waals surface area contributed by atoms with Crippen molar-refractivity contribution in [2.24, 2.45) is 5.92 Å². The first-order valence-corrected chi connectivity index (χ1v) is 9.61. The van der Waals surface area contributed by atoms with Gasteiger partial charge in [0.05, 0.1) is 20.3 Å². The zero-order valence-electron chi connectivity index (χ0n) is 17.2. The van der Waals surface area contributed by atoms with Crippen LogP contribution in [0.15, 0.2) is 42.5 Å². The van der Waals surface area contributed by atoms with Gasteiger partial charge >= 0.3 is 0 Å². The molecule has 0 aromatic heterocycles. The highest BCUT2D eigenvalue weighted by Crippen LogP contribution is 2.34. The van der Waals surface area contributed by atoms with Crippen LogP contribution >= 0.6 is 0 Å². The van der Waals surface area contributed by atoms with Crippen LogP contribution in [0.2, 0.25) is 0 Å². The van der Waals surface area contributed by atoms with Gasteiger partial charge in [0.2, 0.25) is 5.91 Å². The second-order valence-electron chi connectivity index (χ2n) is 7.11. The summed E-state index contributed by atoms with van der Waals surface area (Å²) in [6.45, 7) is 5.22. The van der Waals surface area contributed by atoms with E-state index < -0.39 is 0 Å². The average molecular weight is 397 g/mol. The molecule has 1 N–H and O–H groups in total. The third kappa shape index (κ3) is 5.22. The van der Waals surface area contributed by atoms with E-state index in [1.807, 2.05) is 30.3 Å². The largest absolute Gasteiger partial charge is 0.497 e. The van der Waals surface area contributed by atoms with E-state index in [0.29, 0.717) is 30.5 Å². The molecule has 0 radical (unpaired) electrons. The molecule has 0 bridgehead atoms. The van der Waals surface area contributed by atoms with Gasteiger partial charge in [-0.05, 0) is 47.4 Å². The minimum absolute atomic E-state index is 0.150. The van der Waals surface area contributed by atoms with Crippen LogP contribution in [0.4, 0.5) is 0 Å². The van der Waals surface area contributed by atoms with Crippen LogP contribution in [-0.4, -0.2) is 33.3 Å². The number of hydrogen-bond acceptors (Lipinski definition) is 5. The lowest BCUT2D eigenvalue weighted by Gasteiger charge is -2.25. The van der Waals surface area contributed by atoms with Crippen molar-refractivity contribution in [2.45, 2.75) is 19.9 Å². The van der Waals surface area contributed by atoms with Gasteiger partial charge in [-0.3, -0.25) is 4.79 Å². The molecule has 1 amide bonds. The SMILES string of the molecule is COc1cc(/C=C/C(=O)NC(c2ccc3c(c2)OCCO3)C(C)C)cc(OC)c1. The summed E-state index contributed by atoms with van der Waals surface area (Å²) in [5.74, 6) is 2.81. The number of methoxy groups -OCH3 is 2. The van der Waals surface area contributed by atoms with E-state index in [-0.39, 0.29) is 17.9 Å². The maximum absolute atomic E-state index is 12.6. The standard InChI is InChI=1S/C23H27NO5/c1-15(2)23(17-6-7-20-21(13-17)29-10-9-28-20)24-22(25)8-5-16-11-18(26-3)14-19(12-16)27-4/h5-8,11-15,23H,9-10H2,1-4H3,(H,24,25)/b8-5+. The topological polar surface area (TPSA) is 66.0 Å². The zero-order valence-corrected chi connectivity index (χ0v) is 17.2. The number of ether oxygens (including phenoxy) is 4. The van der Waals surface area contributed by atoms with Crippen LogP contribution in [-0.2, 0) is 4.79 Å². The average Bonchev–Trinajstić information content (AvgIpc) is 2.75. The van der Waals surface area contributed by atoms with E-state index in [4.69, 9.17) is 18.9 Å². The number of benzene rings is 2. The first-order chi connectivity index (χ1) is 14.0. The minimum atomic E-state index is -0.180. The number of hydrogen-bond donors (Lipinski definition) is 1. The summed E-state index contributed by atoms with van der Waals surface area (Å²) >= 11 is 0. The number of carbonyl (C=O) groups is 1. The molecule has 154 valence electrons. The van der Waals surface area contributed by atoms with Crippen LogP contribution in [0.3, 0.4) is 0 Å². The Morgan fingerprint density at radius 2 is 1.66 bits per heavy atom. The first kappa shape index (κ1) is 20.6. The summed E-state index contributed by atoms with van der Waals surface area (Å²) < 4.78 is 21.8. The lowest BCUT2D eigenvalue weighted by Crippen LogP contribution is -2.30. The third-order valence-electron chi connectivity index (χ3n) is 4.69. The summed E-state index contributed by atoms with van der Waals surface area (Å²) in [5.41, 5.74) is 1.80. The van der Waals surface area contributed by atoms with E-state index in [2.05, 4.69) is 19.2 Å². The molecule has 2 aromatic carbocycles. The lowest BCUT2D eigenvalue weighted by molar-refractivity contribution is -0.117. The fourth-order valence-corrected chi connectivity index (χ4v) is 3.19. The Hall–Kier alpha value is -3.15. The molecule has 29 heavy (non-hydrogen) atoms. The van der Waals surface area contributed by atoms with Gasteiger partial charge in [-0.1, -0.05) is 19.9 Å². The highest BCUT2D eigenvalue weighted by molar-refractivity contribution is 5.92. The van der Waals surface area contributed by atoms with Crippen molar-refractivity contribution < 1.29 is 23.7 Å². The molecule has 0 fully saturated rings. The predicted molar refractivity (Wildman–Crippen MR) is 112 cm³/mol. The molecule has 1 aliphatic rings. The molecule has 3 rings (SSSR count). The Labute approximate surface area is 171 Å². The van der Waals surface area contributed by atoms with Crippen LogP contribution in [0.5, 0.6) is 23.0 Å². The number of rotatable bonds is 7. The van der Waals surface area contributed by atoms with Crippen molar-refractivity contribution in [1.29, 1.82) is 0 Å². The Kier molecular flexibility index (Phi) is 6.65. The first-order valence-electron chi connectivity index (χ1n) is 9.61. The second-order valence-corrected chi connectivity index (χ2v) is 7.11. The van der Waals surface area contributed by atoms with Crippen LogP contribution < -0.4 is 24.3 Å². The van der Waals surface area contributed by atoms with Crippen LogP contribution in [0, 0.1) is 5.92 Å². The second kappa shape index (κ2) is 9.37. The van der Waals surface area contributed by atoms with Gasteiger partial charge in [0, 0.05) is 12.1 Å². The molecule has 0 spiro atoms. The smallest absolute Gasteiger partial charge is 0.244 e. The van der Waals surface area contributed by atoms with Crippen LogP contribution in [0.25, 0.3) is 6.08 Å². The summed E-state index contributed by atoms with van der Waals surface area (Å²) in [6, 6.07) is 11.1. The molecule has 1 atom stereocenters. The van der Waals surface area contributed by atoms with E-state index in [0.717, 1.165) is 16.9 Å². The molecular formula is C23H27NO5. The summed E-state index contributed by atoms with van der Waals surface area (Å²) in [5, 5.41) is 3.08. The molecule has 6 heteroatoms. The summed E-state index contributed by atoms with van der Waals surface area (Å²) in [7, 11) is 3.19. The van der Waals surface area contributed by atoms with Crippen LogP contribution in [0.1, 0.15) is 31.0 Å². The van der Waals surface area contributed by atoms with Crippen molar-refractivity contribution in [3.8, 4) is 23.0 Å². The normalized spacial score (nSPS) is 14.0. The van der Waals surface area contributed by atoms with E-state index >= 15 is 0 Å². The Morgan fingerprint density at radius 3 is 2.28 bits per heavy atom. The molecular weight excluding hydrogens is 370 g/mol. The molecule has 0 saturated carbocycles. The fraction of sp³-hybridized carbons (Fsp3) is 0.348. The quantitative estimate of drug-likeness (QED) is 0.716. The number of nitrogens with one attached hydrogen (secondary N) is 1. The van der Waals surface area contributed by atoms with E-state index in [1.165, 1.54) is 6.08 Å². The van der Waals surface area contributed by atoms with Crippen molar-refractivity contribution in [2.75, 3.05) is 27.4 Å². The molecule has 0 aliphatic carbocycles. The van der Waals surface area contributed by atoms with Crippen molar-refractivity contribution in [1.82, 2.24) is 5.32 Å². The number of fused-ring (bicyclic) bond motifs is 1. The van der Waals surface area contributed by atoms with E-state index in [1.54, 1.807) is 26.4 Å². The molecule has 1 aliphatic heterocycles. The van der Waals surface area contributed by atoms with Gasteiger partial charge < -0.3 is 24.3 Å². The van der Waals surface area contributed by atoms with Gasteiger partial charge in [-0.25, -0.2) is 0 Å². The highest BCUT2D eigenvalue weighted by atomic mass is 16.6. The Balaban J connectivity index is 1.74. The minimum Gasteiger partial charge on any atom is -0.497 e. The maximum Gasteiger partial charge on any atom is 0.244 e. The number of amides is 1. The van der Waals surface area contributed by atoms with Crippen molar-refractivity contribution >= 4 is 12.0 Å². The fourth-order valence-electron chi connectivity index (χ4n) is 3.19. The summed E-state index contributed by atoms with van der Waals surface area (Å²) in [4.78, 5) is 12.6. The lowest BCUT2D eigenvalue weighted by atomic mass is 9.95. The van der Waals surface area contributed by atoms with Crippen molar-refractivity contribution in [3.63, 3.8) is 0 Å². The Morgan fingerprint density at radius 1 is 1.00 bits per heavy atom. The molecule has 6 nitrogen and oxygen atoms in total. The predicted octanol–water partition coefficient (Wildman–Crippen LogP) is 4.00. The molecule has 2 aromatic rings. The highest BCUT2D eigenvalue weighted by Gasteiger charge is 2.20. The van der Waals surface area contributed by atoms with Gasteiger partial charge in [0.25, 0.3) is 0 Å². The van der Waals surface area contributed by atoms with Crippen molar-refractivity contribution in [3.05, 3.63) is 53.6 Å². The van der Waals surface area contributed by atoms with Gasteiger partial charge in [0.1, 0.15) is 24.7 Å². The third-order valence-corrected chi connectivity index (χ3v) is 4.69. The van der Waals surface area contributed by atoms with Gasteiger partial charge in [-0.15, -0.1) is 0 Å². The molecule has 1 unspecified atom stereocenters. The summed E-state index contributed by atoms with van der Waals surface area (Å²) in [6.07, 6.45) is 3.25. The monoisotopic (exact) mass is 397 g/mol. The maximum atomic E-state index is 12.6. The Bertz CT molecular complexity index is 869.